The summed E-state index contributed by atoms with van der Waals surface area (Å²) in [5.41, 5.74) is 1.40. The fraction of sp³-hybridized carbons (Fsp3) is 0.100. The summed E-state index contributed by atoms with van der Waals surface area (Å²) < 4.78 is 25.5. The minimum atomic E-state index is -2.66. The third-order valence-corrected chi connectivity index (χ3v) is 5.99. The molecule has 1 aromatic heterocycles. The highest BCUT2D eigenvalue weighted by Gasteiger charge is 2.16. The molecule has 0 aliphatic rings. The lowest BCUT2D eigenvalue weighted by molar-refractivity contribution is 0.0953. The molecular weight excluding hydrogens is 438 g/mol. The van der Waals surface area contributed by atoms with Crippen molar-refractivity contribution in [2.75, 3.05) is 5.32 Å². The van der Waals surface area contributed by atoms with Gasteiger partial charge in [-0.2, -0.15) is 8.78 Å². The Bertz CT molecular complexity index is 996. The maximum Gasteiger partial charge on any atom is 0.289 e. The van der Waals surface area contributed by atoms with Crippen LogP contribution in [0.4, 0.5) is 14.5 Å². The molecule has 4 nitrogen and oxygen atoms in total. The van der Waals surface area contributed by atoms with Gasteiger partial charge in [0.2, 0.25) is 0 Å². The molecule has 150 valence electrons. The van der Waals surface area contributed by atoms with Crippen LogP contribution in [-0.4, -0.2) is 17.6 Å². The van der Waals surface area contributed by atoms with E-state index in [9.17, 15) is 18.4 Å². The average molecular weight is 453 g/mol. The third kappa shape index (κ3) is 5.79. The molecule has 0 saturated heterocycles. The third-order valence-electron chi connectivity index (χ3n) is 3.84. The van der Waals surface area contributed by atoms with Gasteiger partial charge in [0.15, 0.2) is 0 Å². The maximum atomic E-state index is 12.8. The van der Waals surface area contributed by atoms with E-state index in [0.717, 1.165) is 5.56 Å². The smallest absolute Gasteiger partial charge is 0.289 e. The Hall–Kier alpha value is -2.42. The van der Waals surface area contributed by atoms with E-state index in [-0.39, 0.29) is 33.3 Å². The lowest BCUT2D eigenvalue weighted by Gasteiger charge is -2.12. The largest absolute Gasteiger partial charge is 0.347 e. The first kappa shape index (κ1) is 21.3. The molecule has 0 atom stereocenters. The van der Waals surface area contributed by atoms with Crippen LogP contribution in [0.1, 0.15) is 25.6 Å². The summed E-state index contributed by atoms with van der Waals surface area (Å²) >= 11 is 7.62. The molecule has 0 aliphatic heterocycles. The molecule has 0 bridgehead atoms. The Kier molecular flexibility index (Phi) is 7.24. The number of amides is 2. The summed E-state index contributed by atoms with van der Waals surface area (Å²) in [6, 6.07) is 14.8. The normalized spacial score (nSPS) is 10.8. The van der Waals surface area contributed by atoms with Crippen molar-refractivity contribution in [3.05, 3.63) is 81.0 Å². The van der Waals surface area contributed by atoms with Crippen LogP contribution in [0.3, 0.4) is 0 Å². The van der Waals surface area contributed by atoms with Gasteiger partial charge in [-0.15, -0.1) is 11.3 Å². The van der Waals surface area contributed by atoms with Gasteiger partial charge in [-0.05, 0) is 41.3 Å². The topological polar surface area (TPSA) is 58.2 Å². The van der Waals surface area contributed by atoms with Crippen LogP contribution >= 0.6 is 34.7 Å². The molecule has 0 fully saturated rings. The Morgan fingerprint density at radius 1 is 1.03 bits per heavy atom. The number of hydrogen-bond donors (Lipinski definition) is 2. The summed E-state index contributed by atoms with van der Waals surface area (Å²) in [4.78, 5) is 25.2. The number of thiophene rings is 1. The van der Waals surface area contributed by atoms with Crippen LogP contribution in [0.2, 0.25) is 5.02 Å². The second kappa shape index (κ2) is 9.87. The van der Waals surface area contributed by atoms with Gasteiger partial charge in [-0.3, -0.25) is 9.59 Å². The number of benzene rings is 2. The minimum Gasteiger partial charge on any atom is -0.347 e. The Balaban J connectivity index is 1.64. The number of thioether (sulfide) groups is 1. The van der Waals surface area contributed by atoms with Crippen molar-refractivity contribution in [1.29, 1.82) is 0 Å². The van der Waals surface area contributed by atoms with Gasteiger partial charge < -0.3 is 10.6 Å². The first-order valence-electron chi connectivity index (χ1n) is 8.39. The van der Waals surface area contributed by atoms with Gasteiger partial charge in [0.1, 0.15) is 0 Å². The van der Waals surface area contributed by atoms with E-state index in [1.165, 1.54) is 23.5 Å². The van der Waals surface area contributed by atoms with Crippen LogP contribution in [-0.2, 0) is 6.54 Å². The standard InChI is InChI=1S/C20H15ClF2N2O2S2/c21-14-3-1-4-15(17(14)29-20(22)23)25-18(26)13-8-6-12(7-9-13)11-24-19(27)16-5-2-10-28-16/h1-10,20H,11H2,(H,24,27)(H,25,26). The first-order valence-corrected chi connectivity index (χ1v) is 10.5. The zero-order chi connectivity index (χ0) is 20.8. The van der Waals surface area contributed by atoms with E-state index < -0.39 is 11.7 Å². The molecule has 29 heavy (non-hydrogen) atoms. The van der Waals surface area contributed by atoms with E-state index in [1.807, 2.05) is 5.38 Å². The van der Waals surface area contributed by atoms with E-state index in [2.05, 4.69) is 10.6 Å². The highest BCUT2D eigenvalue weighted by Crippen LogP contribution is 2.37. The second-order valence-electron chi connectivity index (χ2n) is 5.81. The molecule has 3 rings (SSSR count). The summed E-state index contributed by atoms with van der Waals surface area (Å²) in [5.74, 6) is -3.27. The molecule has 0 radical (unpaired) electrons. The fourth-order valence-electron chi connectivity index (χ4n) is 2.46. The summed E-state index contributed by atoms with van der Waals surface area (Å²) in [6.07, 6.45) is 0. The average Bonchev–Trinajstić information content (AvgIpc) is 3.24. The van der Waals surface area contributed by atoms with Gasteiger partial charge >= 0.3 is 0 Å². The van der Waals surface area contributed by atoms with Crippen LogP contribution < -0.4 is 10.6 Å². The first-order chi connectivity index (χ1) is 13.9. The second-order valence-corrected chi connectivity index (χ2v) is 8.16. The molecule has 1 heterocycles. The van der Waals surface area contributed by atoms with E-state index in [4.69, 9.17) is 11.6 Å². The maximum absolute atomic E-state index is 12.8. The number of nitrogens with one attached hydrogen (secondary N) is 2. The van der Waals surface area contributed by atoms with Crippen molar-refractivity contribution in [3.63, 3.8) is 0 Å². The van der Waals surface area contributed by atoms with Gasteiger partial charge in [-0.1, -0.05) is 47.6 Å². The number of alkyl halides is 2. The Morgan fingerprint density at radius 3 is 2.45 bits per heavy atom. The van der Waals surface area contributed by atoms with Crippen LogP contribution in [0.25, 0.3) is 0 Å². The minimum absolute atomic E-state index is 0.116. The monoisotopic (exact) mass is 452 g/mol. The van der Waals surface area contributed by atoms with Crippen LogP contribution in [0, 0.1) is 0 Å². The molecule has 9 heteroatoms. The number of halogens is 3. The van der Waals surface area contributed by atoms with Gasteiger partial charge in [0.05, 0.1) is 20.5 Å². The number of carbonyl (C=O) groups excluding carboxylic acids is 2. The predicted octanol–water partition coefficient (Wildman–Crippen LogP) is 5.90. The van der Waals surface area contributed by atoms with Gasteiger partial charge in [0.25, 0.3) is 17.6 Å². The summed E-state index contributed by atoms with van der Waals surface area (Å²) in [7, 11) is 0. The highest BCUT2D eigenvalue weighted by molar-refractivity contribution is 7.99. The quantitative estimate of drug-likeness (QED) is 0.439. The molecule has 0 spiro atoms. The van der Waals surface area contributed by atoms with Crippen LogP contribution in [0.15, 0.2) is 64.9 Å². The van der Waals surface area contributed by atoms with Crippen molar-refractivity contribution < 1.29 is 18.4 Å². The van der Waals surface area contributed by atoms with Crippen molar-refractivity contribution in [2.45, 2.75) is 17.2 Å². The summed E-state index contributed by atoms with van der Waals surface area (Å²) in [6.45, 7) is 0.322. The molecule has 3 aromatic rings. The lowest BCUT2D eigenvalue weighted by atomic mass is 10.1. The molecule has 0 unspecified atom stereocenters. The van der Waals surface area contributed by atoms with Crippen molar-refractivity contribution in [3.8, 4) is 0 Å². The van der Waals surface area contributed by atoms with E-state index >= 15 is 0 Å². The molecule has 2 N–H and O–H groups in total. The fourth-order valence-corrected chi connectivity index (χ4v) is 4.01. The Morgan fingerprint density at radius 2 is 1.79 bits per heavy atom. The number of hydrogen-bond acceptors (Lipinski definition) is 4. The zero-order valence-corrected chi connectivity index (χ0v) is 17.2. The van der Waals surface area contributed by atoms with E-state index in [0.29, 0.717) is 17.0 Å². The van der Waals surface area contributed by atoms with Crippen molar-refractivity contribution in [1.82, 2.24) is 5.32 Å². The molecule has 0 aliphatic carbocycles. The van der Waals surface area contributed by atoms with Gasteiger partial charge in [0, 0.05) is 12.1 Å². The molecular formula is C20H15ClF2N2O2S2. The van der Waals surface area contributed by atoms with Crippen molar-refractivity contribution in [2.24, 2.45) is 0 Å². The van der Waals surface area contributed by atoms with E-state index in [1.54, 1.807) is 42.5 Å². The Labute approximate surface area is 179 Å². The predicted molar refractivity (Wildman–Crippen MR) is 113 cm³/mol. The number of rotatable bonds is 7. The lowest BCUT2D eigenvalue weighted by Crippen LogP contribution is -2.21. The highest BCUT2D eigenvalue weighted by atomic mass is 35.5. The SMILES string of the molecule is O=C(Nc1cccc(Cl)c1SC(F)F)c1ccc(CNC(=O)c2cccs2)cc1. The number of anilines is 1. The molecule has 2 aromatic carbocycles. The zero-order valence-electron chi connectivity index (χ0n) is 14.8. The number of carbonyl (C=O) groups is 2. The van der Waals surface area contributed by atoms with Crippen LogP contribution in [0.5, 0.6) is 0 Å². The van der Waals surface area contributed by atoms with Gasteiger partial charge in [-0.25, -0.2) is 0 Å². The molecule has 0 saturated carbocycles. The summed E-state index contributed by atoms with van der Waals surface area (Å²) in [5, 5.41) is 7.39. The van der Waals surface area contributed by atoms with Crippen molar-refractivity contribution >= 4 is 52.2 Å². The molecule has 2 amide bonds.